The molecular weight excluding hydrogens is 324 g/mol. The van der Waals surface area contributed by atoms with Gasteiger partial charge in [0.2, 0.25) is 5.91 Å². The summed E-state index contributed by atoms with van der Waals surface area (Å²) in [5.41, 5.74) is -0.584. The van der Waals surface area contributed by atoms with Gasteiger partial charge >= 0.3 is 6.09 Å². The van der Waals surface area contributed by atoms with Crippen LogP contribution in [0.3, 0.4) is 0 Å². The third kappa shape index (κ3) is 13.4. The lowest BCUT2D eigenvalue weighted by atomic mass is 10.1. The summed E-state index contributed by atoms with van der Waals surface area (Å²) in [5.74, 6) is -0.0270. The van der Waals surface area contributed by atoms with Crippen LogP contribution >= 0.6 is 11.9 Å². The Morgan fingerprint density at radius 2 is 1.58 bits per heavy atom. The Morgan fingerprint density at radius 1 is 1.04 bits per heavy atom. The first-order valence-electron chi connectivity index (χ1n) is 8.93. The monoisotopic (exact) mass is 358 g/mol. The van der Waals surface area contributed by atoms with Crippen LogP contribution in [0.25, 0.3) is 0 Å². The second-order valence-corrected chi connectivity index (χ2v) is 7.61. The van der Waals surface area contributed by atoms with Gasteiger partial charge in [0.25, 0.3) is 0 Å². The molecule has 0 heterocycles. The van der Waals surface area contributed by atoms with Gasteiger partial charge in [-0.25, -0.2) is 9.10 Å². The Balaban J connectivity index is 3.98. The average molecular weight is 359 g/mol. The van der Waals surface area contributed by atoms with Crippen molar-refractivity contribution in [3.63, 3.8) is 0 Å². The predicted octanol–water partition coefficient (Wildman–Crippen LogP) is 5.59. The van der Waals surface area contributed by atoms with E-state index in [-0.39, 0.29) is 5.91 Å². The minimum atomic E-state index is -0.679. The predicted molar refractivity (Wildman–Crippen MR) is 102 cm³/mol. The molecule has 0 radical (unpaired) electrons. The molecule has 0 fully saturated rings. The molecule has 0 aromatic carbocycles. The van der Waals surface area contributed by atoms with E-state index >= 15 is 0 Å². The zero-order chi connectivity index (χ0) is 18.4. The number of ether oxygens (including phenoxy) is 1. The Bertz CT molecular complexity index is 392. The highest BCUT2D eigenvalue weighted by atomic mass is 32.2. The van der Waals surface area contributed by atoms with Crippen molar-refractivity contribution in [2.75, 3.05) is 6.26 Å². The molecule has 0 atom stereocenters. The minimum absolute atomic E-state index is 0.0270. The largest absolute Gasteiger partial charge is 0.442 e. The summed E-state index contributed by atoms with van der Waals surface area (Å²) in [5, 5.41) is 0. The molecule has 0 aliphatic heterocycles. The van der Waals surface area contributed by atoms with E-state index < -0.39 is 11.7 Å². The van der Waals surface area contributed by atoms with Crippen molar-refractivity contribution in [1.82, 2.24) is 4.31 Å². The van der Waals surface area contributed by atoms with Crippen LogP contribution in [0.4, 0.5) is 4.79 Å². The first-order chi connectivity index (χ1) is 11.3. The van der Waals surface area contributed by atoms with Crippen molar-refractivity contribution >= 4 is 30.3 Å². The minimum Gasteiger partial charge on any atom is -0.442 e. The summed E-state index contributed by atoms with van der Waals surface area (Å²) in [6.45, 7) is 7.55. The fourth-order valence-electron chi connectivity index (χ4n) is 2.12. The van der Waals surface area contributed by atoms with E-state index in [1.807, 2.05) is 0 Å². The van der Waals surface area contributed by atoms with Gasteiger partial charge in [0.1, 0.15) is 11.9 Å². The van der Waals surface area contributed by atoms with Gasteiger partial charge in [0, 0.05) is 12.7 Å². The first kappa shape index (κ1) is 23.0. The average Bonchev–Trinajstić information content (AvgIpc) is 2.48. The van der Waals surface area contributed by atoms with Crippen LogP contribution in [0.1, 0.15) is 85.5 Å². The van der Waals surface area contributed by atoms with Crippen LogP contribution in [0.15, 0.2) is 4.99 Å². The van der Waals surface area contributed by atoms with Crippen molar-refractivity contribution in [2.45, 2.75) is 91.1 Å². The Morgan fingerprint density at radius 3 is 2.08 bits per heavy atom. The molecule has 0 bridgehead atoms. The molecule has 0 saturated carbocycles. The lowest BCUT2D eigenvalue weighted by Crippen LogP contribution is -2.25. The number of nitrogens with zero attached hydrogens (tertiary/aromatic N) is 2. The highest BCUT2D eigenvalue weighted by molar-refractivity contribution is 7.97. The molecule has 5 nitrogen and oxygen atoms in total. The summed E-state index contributed by atoms with van der Waals surface area (Å²) in [7, 11) is 0. The van der Waals surface area contributed by atoms with Crippen LogP contribution in [0.2, 0.25) is 0 Å². The van der Waals surface area contributed by atoms with Crippen LogP contribution < -0.4 is 0 Å². The third-order valence-electron chi connectivity index (χ3n) is 3.35. The fraction of sp³-hybridized carbons (Fsp3) is 0.833. The maximum absolute atomic E-state index is 12.1. The van der Waals surface area contributed by atoms with Gasteiger partial charge in [-0.3, -0.25) is 4.79 Å². The number of hydrogen-bond donors (Lipinski definition) is 0. The maximum Gasteiger partial charge on any atom is 0.435 e. The zero-order valence-corrected chi connectivity index (χ0v) is 16.8. The molecule has 0 aromatic rings. The highest BCUT2D eigenvalue weighted by Crippen LogP contribution is 2.13. The quantitative estimate of drug-likeness (QED) is 0.209. The molecule has 0 unspecified atom stereocenters. The van der Waals surface area contributed by atoms with E-state index in [9.17, 15) is 9.59 Å². The first-order valence-corrected chi connectivity index (χ1v) is 10.1. The molecule has 6 heteroatoms. The number of rotatable bonds is 11. The van der Waals surface area contributed by atoms with Gasteiger partial charge in [-0.1, -0.05) is 51.9 Å². The van der Waals surface area contributed by atoms with Gasteiger partial charge in [0.15, 0.2) is 0 Å². The van der Waals surface area contributed by atoms with Crippen LogP contribution in [0, 0.1) is 0 Å². The van der Waals surface area contributed by atoms with Crippen molar-refractivity contribution in [2.24, 2.45) is 4.99 Å². The Labute approximate surface area is 151 Å². The van der Waals surface area contributed by atoms with Gasteiger partial charge in [-0.2, -0.15) is 4.99 Å². The van der Waals surface area contributed by atoms with Gasteiger partial charge in [-0.05, 0) is 39.1 Å². The standard InChI is InChI=1S/C18H34N2O3S/c1-6-7-8-9-10-11-12-13-14-16(21)20(24-5)15-19-17(22)23-18(2,3)4/h15H,6-14H2,1-5H3/b19-15+. The highest BCUT2D eigenvalue weighted by Gasteiger charge is 2.16. The smallest absolute Gasteiger partial charge is 0.435 e. The summed E-state index contributed by atoms with van der Waals surface area (Å²) >= 11 is 1.24. The molecule has 0 rings (SSSR count). The summed E-state index contributed by atoms with van der Waals surface area (Å²) < 4.78 is 6.48. The summed E-state index contributed by atoms with van der Waals surface area (Å²) in [4.78, 5) is 27.3. The van der Waals surface area contributed by atoms with Gasteiger partial charge < -0.3 is 4.74 Å². The molecule has 24 heavy (non-hydrogen) atoms. The number of carbonyl (C=O) groups excluding carboxylic acids is 2. The normalized spacial score (nSPS) is 11.7. The van der Waals surface area contributed by atoms with E-state index in [1.54, 1.807) is 27.0 Å². The molecule has 140 valence electrons. The number of carbonyl (C=O) groups is 2. The summed E-state index contributed by atoms with van der Waals surface area (Å²) in [6, 6.07) is 0. The molecule has 2 amide bonds. The Hall–Kier alpha value is -1.04. The van der Waals surface area contributed by atoms with Crippen molar-refractivity contribution in [3.8, 4) is 0 Å². The topological polar surface area (TPSA) is 59.0 Å². The second kappa shape index (κ2) is 13.3. The Kier molecular flexibility index (Phi) is 12.7. The molecule has 0 spiro atoms. The van der Waals surface area contributed by atoms with Gasteiger partial charge in [-0.15, -0.1) is 0 Å². The third-order valence-corrected chi connectivity index (χ3v) is 4.04. The maximum atomic E-state index is 12.1. The van der Waals surface area contributed by atoms with E-state index in [0.717, 1.165) is 12.8 Å². The van der Waals surface area contributed by atoms with Gasteiger partial charge in [0.05, 0.1) is 0 Å². The van der Waals surface area contributed by atoms with Crippen molar-refractivity contribution < 1.29 is 14.3 Å². The SMILES string of the molecule is CCCCCCCCCCC(=O)N(/C=N/C(=O)OC(C)(C)C)SC. The summed E-state index contributed by atoms with van der Waals surface area (Å²) in [6.07, 6.45) is 12.4. The van der Waals surface area contributed by atoms with Crippen molar-refractivity contribution in [1.29, 1.82) is 0 Å². The molecule has 0 aromatic heterocycles. The van der Waals surface area contributed by atoms with E-state index in [2.05, 4.69) is 11.9 Å². The lowest BCUT2D eigenvalue weighted by molar-refractivity contribution is -0.123. The molecule has 0 aliphatic carbocycles. The van der Waals surface area contributed by atoms with Crippen LogP contribution in [-0.4, -0.2) is 34.5 Å². The van der Waals surface area contributed by atoms with E-state index in [0.29, 0.717) is 6.42 Å². The van der Waals surface area contributed by atoms with E-state index in [4.69, 9.17) is 4.74 Å². The number of aliphatic imine (C=N–C) groups is 1. The van der Waals surface area contributed by atoms with Crippen LogP contribution in [0.5, 0.6) is 0 Å². The zero-order valence-electron chi connectivity index (χ0n) is 16.0. The fourth-order valence-corrected chi connectivity index (χ4v) is 2.56. The molecule has 0 aliphatic rings. The lowest BCUT2D eigenvalue weighted by Gasteiger charge is -2.18. The molecular formula is C18H34N2O3S. The van der Waals surface area contributed by atoms with Crippen molar-refractivity contribution in [3.05, 3.63) is 0 Å². The number of amides is 2. The second-order valence-electron chi connectivity index (χ2n) is 6.85. The van der Waals surface area contributed by atoms with E-state index in [1.165, 1.54) is 61.1 Å². The molecule has 0 saturated heterocycles. The number of unbranched alkanes of at least 4 members (excludes halogenated alkanes) is 7. The number of hydrogen-bond acceptors (Lipinski definition) is 4. The molecule has 0 N–H and O–H groups in total. The van der Waals surface area contributed by atoms with Crippen LogP contribution in [-0.2, 0) is 9.53 Å².